The van der Waals surface area contributed by atoms with Gasteiger partial charge in [0.2, 0.25) is 0 Å². The second kappa shape index (κ2) is 7.80. The van der Waals surface area contributed by atoms with Crippen molar-refractivity contribution >= 4 is 28.1 Å². The fraction of sp³-hybridized carbons (Fsp3) is 0.200. The number of nitrogens with zero attached hydrogens (tertiary/aromatic N) is 4. The number of alkyl halides is 3. The third kappa shape index (κ3) is 4.73. The predicted molar refractivity (Wildman–Crippen MR) is 91.9 cm³/mol. The van der Waals surface area contributed by atoms with Crippen LogP contribution in [-0.2, 0) is 10.0 Å². The molecule has 0 unspecified atom stereocenters. The number of anilines is 1. The second-order valence-electron chi connectivity index (χ2n) is 5.19. The summed E-state index contributed by atoms with van der Waals surface area (Å²) in [5.41, 5.74) is 4.88. The number of benzene rings is 1. The lowest BCUT2D eigenvalue weighted by Crippen LogP contribution is -2.42. The number of carbonyl (C=O) groups excluding carboxylic acids is 1. The molecular formula is C15H14F3N5O4S. The first-order chi connectivity index (χ1) is 13.0. The van der Waals surface area contributed by atoms with Gasteiger partial charge in [0.25, 0.3) is 16.0 Å². The fourth-order valence-corrected chi connectivity index (χ4v) is 3.50. The SMILES string of the molecule is COc1nc(C)nc(N(C(N)=O)S(=O)(=O)c2ccccc2/C=C/C(F)(F)F)n1. The molecule has 1 aromatic heterocycles. The summed E-state index contributed by atoms with van der Waals surface area (Å²) >= 11 is 0. The minimum Gasteiger partial charge on any atom is -0.467 e. The lowest BCUT2D eigenvalue weighted by Gasteiger charge is -2.20. The zero-order valence-electron chi connectivity index (χ0n) is 14.5. The normalized spacial score (nSPS) is 12.2. The Balaban J connectivity index is 2.66. The maximum Gasteiger partial charge on any atom is 0.409 e. The average molecular weight is 417 g/mol. The number of hydrogen-bond acceptors (Lipinski definition) is 7. The number of methoxy groups -OCH3 is 1. The van der Waals surface area contributed by atoms with E-state index in [4.69, 9.17) is 10.5 Å². The number of nitrogens with two attached hydrogens (primary N) is 1. The van der Waals surface area contributed by atoms with Gasteiger partial charge >= 0.3 is 18.2 Å². The van der Waals surface area contributed by atoms with Crippen molar-refractivity contribution in [3.8, 4) is 6.01 Å². The molecule has 0 aliphatic carbocycles. The number of amides is 2. The van der Waals surface area contributed by atoms with E-state index in [1.807, 2.05) is 0 Å². The van der Waals surface area contributed by atoms with Crippen molar-refractivity contribution in [2.24, 2.45) is 5.73 Å². The van der Waals surface area contributed by atoms with Gasteiger partial charge in [-0.05, 0) is 24.6 Å². The Labute approximate surface area is 157 Å². The van der Waals surface area contributed by atoms with Gasteiger partial charge in [-0.15, -0.1) is 4.31 Å². The molecule has 0 radical (unpaired) electrons. The molecule has 2 amide bonds. The number of urea groups is 1. The van der Waals surface area contributed by atoms with E-state index in [9.17, 15) is 26.4 Å². The van der Waals surface area contributed by atoms with E-state index in [1.54, 1.807) is 0 Å². The van der Waals surface area contributed by atoms with Crippen LogP contribution in [0.25, 0.3) is 6.08 Å². The van der Waals surface area contributed by atoms with Crippen LogP contribution in [0.15, 0.2) is 35.2 Å². The minimum absolute atomic E-state index is 0.0218. The monoisotopic (exact) mass is 417 g/mol. The summed E-state index contributed by atoms with van der Waals surface area (Å²) < 4.78 is 68.3. The van der Waals surface area contributed by atoms with Gasteiger partial charge in [0.15, 0.2) is 0 Å². The maximum atomic E-state index is 13.0. The minimum atomic E-state index is -4.76. The zero-order valence-corrected chi connectivity index (χ0v) is 15.3. The van der Waals surface area contributed by atoms with Crippen LogP contribution in [0, 0.1) is 6.92 Å². The smallest absolute Gasteiger partial charge is 0.409 e. The number of aryl methyl sites for hydroxylation is 1. The number of rotatable bonds is 5. The van der Waals surface area contributed by atoms with E-state index < -0.39 is 33.1 Å². The molecule has 13 heteroatoms. The van der Waals surface area contributed by atoms with E-state index in [-0.39, 0.29) is 27.8 Å². The molecular weight excluding hydrogens is 403 g/mol. The number of aromatic nitrogens is 3. The summed E-state index contributed by atoms with van der Waals surface area (Å²) in [6.45, 7) is 1.39. The Morgan fingerprint density at radius 2 is 1.86 bits per heavy atom. The Hall–Kier alpha value is -3.22. The molecule has 28 heavy (non-hydrogen) atoms. The molecule has 0 spiro atoms. The summed E-state index contributed by atoms with van der Waals surface area (Å²) in [5, 5.41) is 0. The lowest BCUT2D eigenvalue weighted by atomic mass is 10.2. The molecule has 0 atom stereocenters. The number of allylic oxidation sites excluding steroid dienone is 1. The van der Waals surface area contributed by atoms with Crippen LogP contribution in [-0.4, -0.2) is 42.7 Å². The summed E-state index contributed by atoms with van der Waals surface area (Å²) in [4.78, 5) is 22.5. The largest absolute Gasteiger partial charge is 0.467 e. The quantitative estimate of drug-likeness (QED) is 0.788. The van der Waals surface area contributed by atoms with Crippen molar-refractivity contribution in [2.75, 3.05) is 11.4 Å². The van der Waals surface area contributed by atoms with Gasteiger partial charge in [-0.3, -0.25) is 0 Å². The number of halogens is 3. The topological polar surface area (TPSA) is 128 Å². The van der Waals surface area contributed by atoms with Crippen molar-refractivity contribution in [1.82, 2.24) is 15.0 Å². The van der Waals surface area contributed by atoms with E-state index in [0.29, 0.717) is 6.08 Å². The van der Waals surface area contributed by atoms with E-state index in [1.165, 1.54) is 26.2 Å². The first-order valence-corrected chi connectivity index (χ1v) is 8.86. The van der Waals surface area contributed by atoms with Crippen LogP contribution in [0.4, 0.5) is 23.9 Å². The molecule has 0 fully saturated rings. The van der Waals surface area contributed by atoms with Crippen LogP contribution in [0.2, 0.25) is 0 Å². The molecule has 150 valence electrons. The number of primary amides is 1. The van der Waals surface area contributed by atoms with Crippen LogP contribution in [0.3, 0.4) is 0 Å². The van der Waals surface area contributed by atoms with Crippen LogP contribution in [0.5, 0.6) is 6.01 Å². The Morgan fingerprint density at radius 1 is 1.21 bits per heavy atom. The standard InChI is InChI=1S/C15H14F3N5O4S/c1-9-20-13(22-14(21-9)27-2)23(12(19)24)28(25,26)11-6-4-3-5-10(11)7-8-15(16,17)18/h3-8H,1-2H3,(H2,19,24)/b8-7+. The maximum absolute atomic E-state index is 13.0. The van der Waals surface area contributed by atoms with Crippen LogP contribution < -0.4 is 14.8 Å². The average Bonchev–Trinajstić information content (AvgIpc) is 2.58. The molecule has 2 aromatic rings. The summed E-state index contributed by atoms with van der Waals surface area (Å²) in [6.07, 6.45) is -4.24. The van der Waals surface area contributed by atoms with E-state index in [2.05, 4.69) is 15.0 Å². The second-order valence-corrected chi connectivity index (χ2v) is 6.94. The third-order valence-corrected chi connectivity index (χ3v) is 4.92. The molecule has 0 bridgehead atoms. The molecule has 0 saturated heterocycles. The van der Waals surface area contributed by atoms with Crippen molar-refractivity contribution in [1.29, 1.82) is 0 Å². The molecule has 2 N–H and O–H groups in total. The highest BCUT2D eigenvalue weighted by molar-refractivity contribution is 7.93. The van der Waals surface area contributed by atoms with Gasteiger partial charge in [0.1, 0.15) is 5.82 Å². The van der Waals surface area contributed by atoms with Crippen molar-refractivity contribution < 1.29 is 31.1 Å². The summed E-state index contributed by atoms with van der Waals surface area (Å²) in [5.74, 6) is -0.639. The highest BCUT2D eigenvalue weighted by Crippen LogP contribution is 2.27. The summed E-state index contributed by atoms with van der Waals surface area (Å²) in [7, 11) is -3.55. The molecule has 1 heterocycles. The molecule has 0 aliphatic rings. The Kier molecular flexibility index (Phi) is 5.87. The lowest BCUT2D eigenvalue weighted by molar-refractivity contribution is -0.0790. The van der Waals surface area contributed by atoms with Gasteiger partial charge in [-0.1, -0.05) is 18.2 Å². The molecule has 2 rings (SSSR count). The van der Waals surface area contributed by atoms with Crippen molar-refractivity contribution in [3.05, 3.63) is 41.7 Å². The van der Waals surface area contributed by atoms with Gasteiger partial charge in [-0.25, -0.2) is 13.2 Å². The van der Waals surface area contributed by atoms with Crippen molar-refractivity contribution in [3.63, 3.8) is 0 Å². The Bertz CT molecular complexity index is 1020. The highest BCUT2D eigenvalue weighted by atomic mass is 32.2. The molecule has 1 aromatic carbocycles. The van der Waals surface area contributed by atoms with Gasteiger partial charge in [0.05, 0.1) is 12.0 Å². The zero-order chi connectivity index (χ0) is 21.1. The first-order valence-electron chi connectivity index (χ1n) is 7.42. The van der Waals surface area contributed by atoms with Crippen LogP contribution >= 0.6 is 0 Å². The van der Waals surface area contributed by atoms with Crippen LogP contribution in [0.1, 0.15) is 11.4 Å². The fourth-order valence-electron chi connectivity index (χ4n) is 2.09. The molecule has 0 saturated carbocycles. The van der Waals surface area contributed by atoms with Gasteiger partial charge in [0, 0.05) is 6.08 Å². The van der Waals surface area contributed by atoms with Crippen molar-refractivity contribution in [2.45, 2.75) is 18.0 Å². The number of sulfonamides is 1. The Morgan fingerprint density at radius 3 is 2.43 bits per heavy atom. The van der Waals surface area contributed by atoms with Gasteiger partial charge < -0.3 is 10.5 Å². The summed E-state index contributed by atoms with van der Waals surface area (Å²) in [6, 6.07) is 3.01. The highest BCUT2D eigenvalue weighted by Gasteiger charge is 2.34. The first kappa shape index (κ1) is 21.1. The molecule has 9 nitrogen and oxygen atoms in total. The predicted octanol–water partition coefficient (Wildman–Crippen LogP) is 2.04. The van der Waals surface area contributed by atoms with E-state index >= 15 is 0 Å². The van der Waals surface area contributed by atoms with Gasteiger partial charge in [-0.2, -0.15) is 28.1 Å². The third-order valence-electron chi connectivity index (χ3n) is 3.17. The molecule has 0 aliphatic heterocycles. The number of ether oxygens (including phenoxy) is 1. The number of hydrogen-bond donors (Lipinski definition) is 1. The number of carbonyl (C=O) groups is 1. The van der Waals surface area contributed by atoms with E-state index in [0.717, 1.165) is 12.1 Å².